The molecule has 1 spiro atoms. The third-order valence-electron chi connectivity index (χ3n) is 4.55. The molecule has 0 aromatic heterocycles. The minimum absolute atomic E-state index is 0. The molecule has 1 N–H and O–H groups in total. The van der Waals surface area contributed by atoms with Crippen LogP contribution in [0.3, 0.4) is 0 Å². The number of rotatable bonds is 1. The van der Waals surface area contributed by atoms with Gasteiger partial charge in [0, 0.05) is 17.6 Å². The smallest absolute Gasteiger partial charge is 0.255 e. The Morgan fingerprint density at radius 3 is 2.67 bits per heavy atom. The van der Waals surface area contributed by atoms with Crippen molar-refractivity contribution in [2.75, 3.05) is 26.2 Å². The predicted molar refractivity (Wildman–Crippen MR) is 86.4 cm³/mol. The van der Waals surface area contributed by atoms with Crippen LogP contribution in [0.4, 0.5) is 4.39 Å². The van der Waals surface area contributed by atoms with Gasteiger partial charge < -0.3 is 10.2 Å². The summed E-state index contributed by atoms with van der Waals surface area (Å²) in [5, 5.41) is 3.37. The Labute approximate surface area is 138 Å². The van der Waals surface area contributed by atoms with Gasteiger partial charge in [0.15, 0.2) is 0 Å². The number of likely N-dealkylation sites (tertiary alicyclic amines) is 1. The van der Waals surface area contributed by atoms with Crippen LogP contribution in [-0.2, 0) is 0 Å². The molecule has 3 rings (SSSR count). The van der Waals surface area contributed by atoms with Gasteiger partial charge in [0.25, 0.3) is 5.91 Å². The Morgan fingerprint density at radius 2 is 2.00 bits per heavy atom. The number of hydrogen-bond donors (Lipinski definition) is 1. The number of piperidine rings is 1. The van der Waals surface area contributed by atoms with E-state index in [9.17, 15) is 9.18 Å². The maximum Gasteiger partial charge on any atom is 0.255 e. The summed E-state index contributed by atoms with van der Waals surface area (Å²) in [6, 6.07) is 4.26. The number of benzene rings is 1. The molecule has 0 radical (unpaired) electrons. The van der Waals surface area contributed by atoms with Crippen molar-refractivity contribution in [2.24, 2.45) is 5.41 Å². The topological polar surface area (TPSA) is 32.3 Å². The van der Waals surface area contributed by atoms with Crippen LogP contribution in [0.2, 0.25) is 0 Å². The zero-order valence-corrected chi connectivity index (χ0v) is 14.1. The second-order valence-electron chi connectivity index (χ2n) is 5.85. The summed E-state index contributed by atoms with van der Waals surface area (Å²) in [5.74, 6) is -0.322. The quantitative estimate of drug-likeness (QED) is 0.815. The molecule has 116 valence electrons. The van der Waals surface area contributed by atoms with Crippen molar-refractivity contribution in [1.82, 2.24) is 10.2 Å². The molecule has 6 heteroatoms. The van der Waals surface area contributed by atoms with Crippen molar-refractivity contribution in [3.63, 3.8) is 0 Å². The van der Waals surface area contributed by atoms with Crippen LogP contribution < -0.4 is 5.32 Å². The molecule has 0 saturated carbocycles. The molecule has 0 bridgehead atoms. The van der Waals surface area contributed by atoms with E-state index in [1.807, 2.05) is 4.90 Å². The highest BCUT2D eigenvalue weighted by Gasteiger charge is 2.40. The minimum atomic E-state index is -0.329. The first kappa shape index (κ1) is 16.7. The molecular formula is C15H19BrClFN2O. The molecule has 2 aliphatic heterocycles. The zero-order chi connectivity index (χ0) is 14.2. The van der Waals surface area contributed by atoms with Crippen LogP contribution in [0.25, 0.3) is 0 Å². The van der Waals surface area contributed by atoms with E-state index in [0.29, 0.717) is 15.5 Å². The average molecular weight is 378 g/mol. The van der Waals surface area contributed by atoms with Crippen LogP contribution in [-0.4, -0.2) is 37.0 Å². The lowest BCUT2D eigenvalue weighted by Gasteiger charge is -2.33. The van der Waals surface area contributed by atoms with Gasteiger partial charge >= 0.3 is 0 Å². The highest BCUT2D eigenvalue weighted by Crippen LogP contribution is 2.39. The van der Waals surface area contributed by atoms with Gasteiger partial charge in [0.05, 0.1) is 5.56 Å². The lowest BCUT2D eigenvalue weighted by atomic mass is 9.78. The Balaban J connectivity index is 0.00000161. The molecule has 2 saturated heterocycles. The van der Waals surface area contributed by atoms with Crippen LogP contribution in [0.15, 0.2) is 22.7 Å². The largest absolute Gasteiger partial charge is 0.338 e. The van der Waals surface area contributed by atoms with Crippen molar-refractivity contribution in [2.45, 2.75) is 19.3 Å². The van der Waals surface area contributed by atoms with E-state index < -0.39 is 0 Å². The second kappa shape index (κ2) is 6.63. The monoisotopic (exact) mass is 376 g/mol. The fourth-order valence-corrected chi connectivity index (χ4v) is 3.83. The highest BCUT2D eigenvalue weighted by molar-refractivity contribution is 9.10. The fraction of sp³-hybridized carbons (Fsp3) is 0.533. The molecule has 2 heterocycles. The van der Waals surface area contributed by atoms with Gasteiger partial charge in [-0.15, -0.1) is 12.4 Å². The van der Waals surface area contributed by atoms with Crippen LogP contribution in [0, 0.1) is 11.2 Å². The Morgan fingerprint density at radius 1 is 1.29 bits per heavy atom. The number of amides is 1. The first-order chi connectivity index (χ1) is 9.60. The van der Waals surface area contributed by atoms with Gasteiger partial charge in [-0.1, -0.05) is 0 Å². The molecule has 0 atom stereocenters. The standard InChI is InChI=1S/C15H18BrFN2O.ClH/c16-13-9-11(17)1-2-12(13)14(20)19-8-5-15(10-19)3-6-18-7-4-15;/h1-2,9,18H,3-8,10H2;1H. The highest BCUT2D eigenvalue weighted by atomic mass is 79.9. The third-order valence-corrected chi connectivity index (χ3v) is 5.21. The normalized spacial score (nSPS) is 20.4. The fourth-order valence-electron chi connectivity index (χ4n) is 3.31. The summed E-state index contributed by atoms with van der Waals surface area (Å²) >= 11 is 3.28. The zero-order valence-electron chi connectivity index (χ0n) is 11.7. The maximum absolute atomic E-state index is 13.1. The van der Waals surface area contributed by atoms with Crippen molar-refractivity contribution < 1.29 is 9.18 Å². The molecule has 1 aromatic rings. The first-order valence-corrected chi connectivity index (χ1v) is 7.84. The van der Waals surface area contributed by atoms with Gasteiger partial charge in [-0.3, -0.25) is 4.79 Å². The Kier molecular flexibility index (Phi) is 5.28. The Hall–Kier alpha value is -0.650. The molecule has 1 aromatic carbocycles. The molecule has 3 nitrogen and oxygen atoms in total. The van der Waals surface area contributed by atoms with E-state index in [-0.39, 0.29) is 24.1 Å². The predicted octanol–water partition coefficient (Wildman–Crippen LogP) is 3.23. The molecule has 2 aliphatic rings. The Bertz CT molecular complexity index is 534. The van der Waals surface area contributed by atoms with E-state index >= 15 is 0 Å². The van der Waals surface area contributed by atoms with Gasteiger partial charge in [0.2, 0.25) is 0 Å². The van der Waals surface area contributed by atoms with Crippen molar-refractivity contribution in [3.8, 4) is 0 Å². The second-order valence-corrected chi connectivity index (χ2v) is 6.71. The van der Waals surface area contributed by atoms with Crippen molar-refractivity contribution in [1.29, 1.82) is 0 Å². The van der Waals surface area contributed by atoms with Crippen LogP contribution in [0.5, 0.6) is 0 Å². The molecule has 2 fully saturated rings. The van der Waals surface area contributed by atoms with Gasteiger partial charge in [-0.05, 0) is 71.9 Å². The van der Waals surface area contributed by atoms with Crippen LogP contribution in [0.1, 0.15) is 29.6 Å². The summed E-state index contributed by atoms with van der Waals surface area (Å²) in [6.45, 7) is 3.73. The van der Waals surface area contributed by atoms with E-state index in [4.69, 9.17) is 0 Å². The summed E-state index contributed by atoms with van der Waals surface area (Å²) < 4.78 is 13.6. The number of nitrogens with zero attached hydrogens (tertiary/aromatic N) is 1. The molecule has 0 aliphatic carbocycles. The summed E-state index contributed by atoms with van der Waals surface area (Å²) in [5.41, 5.74) is 0.852. The first-order valence-electron chi connectivity index (χ1n) is 7.05. The van der Waals surface area contributed by atoms with Crippen molar-refractivity contribution in [3.05, 3.63) is 34.1 Å². The summed E-state index contributed by atoms with van der Waals surface area (Å²) in [4.78, 5) is 14.5. The van der Waals surface area contributed by atoms with E-state index in [0.717, 1.165) is 45.4 Å². The maximum atomic E-state index is 13.1. The third kappa shape index (κ3) is 3.41. The number of carbonyl (C=O) groups is 1. The van der Waals surface area contributed by atoms with Crippen molar-refractivity contribution >= 4 is 34.2 Å². The lowest BCUT2D eigenvalue weighted by Crippen LogP contribution is -2.39. The number of carbonyl (C=O) groups excluding carboxylic acids is 1. The SMILES string of the molecule is Cl.O=C(c1ccc(F)cc1Br)N1CCC2(CCNCC2)C1. The van der Waals surface area contributed by atoms with Gasteiger partial charge in [-0.25, -0.2) is 4.39 Å². The minimum Gasteiger partial charge on any atom is -0.338 e. The van der Waals surface area contributed by atoms with E-state index in [1.165, 1.54) is 12.1 Å². The molecule has 21 heavy (non-hydrogen) atoms. The number of hydrogen-bond acceptors (Lipinski definition) is 2. The van der Waals surface area contributed by atoms with E-state index in [2.05, 4.69) is 21.2 Å². The lowest BCUT2D eigenvalue weighted by molar-refractivity contribution is 0.0761. The van der Waals surface area contributed by atoms with Gasteiger partial charge in [-0.2, -0.15) is 0 Å². The van der Waals surface area contributed by atoms with Crippen LogP contribution >= 0.6 is 28.3 Å². The molecule has 0 unspecified atom stereocenters. The number of halogens is 3. The summed E-state index contributed by atoms with van der Waals surface area (Å²) in [7, 11) is 0. The average Bonchev–Trinajstić information content (AvgIpc) is 2.83. The molecule has 1 amide bonds. The summed E-state index contributed by atoms with van der Waals surface area (Å²) in [6.07, 6.45) is 3.36. The molecular weight excluding hydrogens is 359 g/mol. The number of nitrogens with one attached hydrogen (secondary N) is 1. The van der Waals surface area contributed by atoms with Gasteiger partial charge in [0.1, 0.15) is 5.82 Å². The van der Waals surface area contributed by atoms with E-state index in [1.54, 1.807) is 6.07 Å².